The number of ether oxygens (including phenoxy) is 1. The Morgan fingerprint density at radius 1 is 1.08 bits per heavy atom. The molecule has 0 aliphatic rings. The third-order valence-corrected chi connectivity index (χ3v) is 3.79. The number of hydrogen-bond donors (Lipinski definition) is 2. The van der Waals surface area contributed by atoms with E-state index in [0.29, 0.717) is 29.6 Å². The van der Waals surface area contributed by atoms with E-state index in [4.69, 9.17) is 4.74 Å². The fourth-order valence-corrected chi connectivity index (χ4v) is 2.56. The SMILES string of the molecule is COc1ccccc1CNc1nc(C)cc(Nc2ccccc2C#N)n1. The number of methoxy groups -OCH3 is 1. The summed E-state index contributed by atoms with van der Waals surface area (Å²) >= 11 is 0. The van der Waals surface area contributed by atoms with Gasteiger partial charge >= 0.3 is 0 Å². The van der Waals surface area contributed by atoms with Gasteiger partial charge in [0.25, 0.3) is 0 Å². The van der Waals surface area contributed by atoms with Gasteiger partial charge in [-0.15, -0.1) is 0 Å². The first-order valence-electron chi connectivity index (χ1n) is 8.17. The first-order valence-corrected chi connectivity index (χ1v) is 8.17. The molecular weight excluding hydrogens is 326 g/mol. The lowest BCUT2D eigenvalue weighted by molar-refractivity contribution is 0.410. The van der Waals surface area contributed by atoms with Crippen molar-refractivity contribution in [1.29, 1.82) is 5.26 Å². The summed E-state index contributed by atoms with van der Waals surface area (Å²) < 4.78 is 5.36. The lowest BCUT2D eigenvalue weighted by atomic mass is 10.2. The van der Waals surface area contributed by atoms with Crippen molar-refractivity contribution in [3.63, 3.8) is 0 Å². The van der Waals surface area contributed by atoms with Gasteiger partial charge in [-0.05, 0) is 25.1 Å². The quantitative estimate of drug-likeness (QED) is 0.702. The first-order chi connectivity index (χ1) is 12.7. The average molecular weight is 345 g/mol. The highest BCUT2D eigenvalue weighted by Crippen LogP contribution is 2.21. The van der Waals surface area contributed by atoms with E-state index in [1.165, 1.54) is 0 Å². The third kappa shape index (κ3) is 4.08. The van der Waals surface area contributed by atoms with Crippen LogP contribution < -0.4 is 15.4 Å². The number of nitrogens with one attached hydrogen (secondary N) is 2. The van der Waals surface area contributed by atoms with E-state index in [1.807, 2.05) is 55.5 Å². The molecule has 0 atom stereocenters. The smallest absolute Gasteiger partial charge is 0.225 e. The monoisotopic (exact) mass is 345 g/mol. The Kier molecular flexibility index (Phi) is 5.30. The summed E-state index contributed by atoms with van der Waals surface area (Å²) in [6.07, 6.45) is 0. The van der Waals surface area contributed by atoms with E-state index < -0.39 is 0 Å². The van der Waals surface area contributed by atoms with Crippen LogP contribution >= 0.6 is 0 Å². The van der Waals surface area contributed by atoms with E-state index in [-0.39, 0.29) is 0 Å². The number of aromatic nitrogens is 2. The van der Waals surface area contributed by atoms with E-state index >= 15 is 0 Å². The predicted octanol–water partition coefficient (Wildman–Crippen LogP) is 4.02. The second kappa shape index (κ2) is 7.99. The number of benzene rings is 2. The fraction of sp³-hybridized carbons (Fsp3) is 0.150. The van der Waals surface area contributed by atoms with Crippen LogP contribution in [0.5, 0.6) is 5.75 Å². The zero-order valence-corrected chi connectivity index (χ0v) is 14.7. The van der Waals surface area contributed by atoms with Crippen molar-refractivity contribution in [2.75, 3.05) is 17.7 Å². The molecule has 0 saturated carbocycles. The zero-order valence-electron chi connectivity index (χ0n) is 14.7. The molecule has 6 heteroatoms. The van der Waals surface area contributed by atoms with Crippen molar-refractivity contribution in [3.05, 3.63) is 71.4 Å². The molecule has 1 aromatic heterocycles. The summed E-state index contributed by atoms with van der Waals surface area (Å²) in [5.41, 5.74) is 3.11. The molecule has 130 valence electrons. The topological polar surface area (TPSA) is 82.9 Å². The van der Waals surface area contributed by atoms with Crippen molar-refractivity contribution in [3.8, 4) is 11.8 Å². The molecule has 0 aliphatic heterocycles. The second-order valence-corrected chi connectivity index (χ2v) is 5.67. The van der Waals surface area contributed by atoms with Gasteiger partial charge in [0.05, 0.1) is 18.4 Å². The highest BCUT2D eigenvalue weighted by Gasteiger charge is 2.07. The van der Waals surface area contributed by atoms with Gasteiger partial charge in [0.2, 0.25) is 5.95 Å². The molecule has 0 bridgehead atoms. The Hall–Kier alpha value is -3.59. The van der Waals surface area contributed by atoms with Crippen LogP contribution in [0.25, 0.3) is 0 Å². The van der Waals surface area contributed by atoms with Gasteiger partial charge < -0.3 is 15.4 Å². The molecule has 0 saturated heterocycles. The molecule has 2 N–H and O–H groups in total. The number of nitrogens with zero attached hydrogens (tertiary/aromatic N) is 3. The molecule has 3 rings (SSSR count). The maximum atomic E-state index is 9.22. The van der Waals surface area contributed by atoms with Crippen LogP contribution in [0.3, 0.4) is 0 Å². The molecule has 0 spiro atoms. The Morgan fingerprint density at radius 2 is 1.85 bits per heavy atom. The largest absolute Gasteiger partial charge is 0.496 e. The van der Waals surface area contributed by atoms with Crippen LogP contribution in [0.15, 0.2) is 54.6 Å². The predicted molar refractivity (Wildman–Crippen MR) is 102 cm³/mol. The van der Waals surface area contributed by atoms with Crippen molar-refractivity contribution >= 4 is 17.5 Å². The summed E-state index contributed by atoms with van der Waals surface area (Å²) in [6.45, 7) is 2.44. The van der Waals surface area contributed by atoms with Crippen molar-refractivity contribution in [2.45, 2.75) is 13.5 Å². The molecule has 26 heavy (non-hydrogen) atoms. The summed E-state index contributed by atoms with van der Waals surface area (Å²) in [7, 11) is 1.65. The van der Waals surface area contributed by atoms with Crippen molar-refractivity contribution in [1.82, 2.24) is 9.97 Å². The molecule has 6 nitrogen and oxygen atoms in total. The van der Waals surface area contributed by atoms with Gasteiger partial charge in [-0.2, -0.15) is 10.2 Å². The summed E-state index contributed by atoms with van der Waals surface area (Å²) in [5, 5.41) is 15.6. The molecule has 2 aromatic carbocycles. The Bertz CT molecular complexity index is 949. The summed E-state index contributed by atoms with van der Waals surface area (Å²) in [5.74, 6) is 1.95. The van der Waals surface area contributed by atoms with Crippen LogP contribution in [0, 0.1) is 18.3 Å². The van der Waals surface area contributed by atoms with Crippen molar-refractivity contribution in [2.24, 2.45) is 0 Å². The van der Waals surface area contributed by atoms with E-state index in [1.54, 1.807) is 13.2 Å². The number of anilines is 3. The number of hydrogen-bond acceptors (Lipinski definition) is 6. The fourth-order valence-electron chi connectivity index (χ4n) is 2.56. The van der Waals surface area contributed by atoms with Crippen LogP contribution in [0.1, 0.15) is 16.8 Å². The number of para-hydroxylation sites is 2. The minimum atomic E-state index is 0.507. The Morgan fingerprint density at radius 3 is 2.65 bits per heavy atom. The van der Waals surface area contributed by atoms with E-state index in [2.05, 4.69) is 26.7 Å². The number of rotatable bonds is 6. The summed E-state index contributed by atoms with van der Waals surface area (Å²) in [6, 6.07) is 19.1. The van der Waals surface area contributed by atoms with Crippen LogP contribution in [-0.2, 0) is 6.54 Å². The standard InChI is InChI=1S/C20H19N5O/c1-14-11-19(24-17-9-5-3-7-15(17)12-21)25-20(23-14)22-13-16-8-4-6-10-18(16)26-2/h3-11H,13H2,1-2H3,(H2,22,23,24,25). The van der Waals surface area contributed by atoms with E-state index in [9.17, 15) is 5.26 Å². The minimum absolute atomic E-state index is 0.507. The van der Waals surface area contributed by atoms with Gasteiger partial charge in [-0.25, -0.2) is 4.98 Å². The van der Waals surface area contributed by atoms with Gasteiger partial charge in [0.1, 0.15) is 17.6 Å². The van der Waals surface area contributed by atoms with E-state index in [0.717, 1.165) is 17.0 Å². The van der Waals surface area contributed by atoms with Gasteiger partial charge in [-0.1, -0.05) is 30.3 Å². The molecule has 1 heterocycles. The van der Waals surface area contributed by atoms with Crippen LogP contribution in [0.4, 0.5) is 17.5 Å². The average Bonchev–Trinajstić information content (AvgIpc) is 2.66. The number of aryl methyl sites for hydroxylation is 1. The lowest BCUT2D eigenvalue weighted by Gasteiger charge is -2.12. The molecule has 0 unspecified atom stereocenters. The normalized spacial score (nSPS) is 10.0. The Balaban J connectivity index is 1.79. The molecule has 0 radical (unpaired) electrons. The highest BCUT2D eigenvalue weighted by molar-refractivity contribution is 5.65. The van der Waals surface area contributed by atoms with Crippen molar-refractivity contribution < 1.29 is 4.74 Å². The third-order valence-electron chi connectivity index (χ3n) is 3.79. The first kappa shape index (κ1) is 17.2. The van der Waals surface area contributed by atoms with Gasteiger partial charge in [-0.3, -0.25) is 0 Å². The highest BCUT2D eigenvalue weighted by atomic mass is 16.5. The summed E-state index contributed by atoms with van der Waals surface area (Å²) in [4.78, 5) is 8.91. The van der Waals surface area contributed by atoms with Gasteiger partial charge in [0, 0.05) is 23.9 Å². The Labute approximate surface area is 152 Å². The molecule has 3 aromatic rings. The lowest BCUT2D eigenvalue weighted by Crippen LogP contribution is -2.07. The van der Waals surface area contributed by atoms with Crippen LogP contribution in [0.2, 0.25) is 0 Å². The zero-order chi connectivity index (χ0) is 18.4. The minimum Gasteiger partial charge on any atom is -0.496 e. The second-order valence-electron chi connectivity index (χ2n) is 5.67. The van der Waals surface area contributed by atoms with Gasteiger partial charge in [0.15, 0.2) is 0 Å². The molecule has 0 amide bonds. The molecule has 0 aliphatic carbocycles. The number of nitriles is 1. The van der Waals surface area contributed by atoms with Crippen LogP contribution in [-0.4, -0.2) is 17.1 Å². The molecular formula is C20H19N5O. The molecule has 0 fully saturated rings. The maximum absolute atomic E-state index is 9.22. The maximum Gasteiger partial charge on any atom is 0.225 e.